The topological polar surface area (TPSA) is 91.1 Å². The molecule has 1 fully saturated rings. The number of hydrogen-bond acceptors (Lipinski definition) is 5. The number of halogens is 2. The van der Waals surface area contributed by atoms with Gasteiger partial charge < -0.3 is 19.9 Å². The zero-order chi connectivity index (χ0) is 22.5. The van der Waals surface area contributed by atoms with Crippen LogP contribution in [0.15, 0.2) is 47.4 Å². The van der Waals surface area contributed by atoms with Crippen LogP contribution in [0.4, 0.5) is 5.69 Å². The van der Waals surface area contributed by atoms with Gasteiger partial charge in [-0.05, 0) is 25.1 Å². The molecule has 2 heterocycles. The summed E-state index contributed by atoms with van der Waals surface area (Å²) < 4.78 is 6.70. The van der Waals surface area contributed by atoms with Gasteiger partial charge in [0.05, 0.1) is 12.1 Å². The number of benzene rings is 1. The first kappa shape index (κ1) is 23.1. The van der Waals surface area contributed by atoms with E-state index in [-0.39, 0.29) is 29.4 Å². The van der Waals surface area contributed by atoms with Gasteiger partial charge in [0.25, 0.3) is 5.91 Å². The molecule has 1 aromatic heterocycles. The molecule has 0 radical (unpaired) electrons. The Morgan fingerprint density at radius 3 is 2.81 bits per heavy atom. The highest BCUT2D eigenvalue weighted by atomic mass is 35.5. The molecular weight excluding hydrogens is 439 g/mol. The molecule has 0 unspecified atom stereocenters. The number of amides is 1. The van der Waals surface area contributed by atoms with Gasteiger partial charge in [0.1, 0.15) is 16.5 Å². The number of rotatable bonds is 6. The number of nitrogens with one attached hydrogen (secondary N) is 1. The van der Waals surface area contributed by atoms with Crippen LogP contribution < -0.4 is 15.0 Å². The molecule has 1 aliphatic rings. The minimum Gasteiger partial charge on any atom is -0.495 e. The van der Waals surface area contributed by atoms with Crippen molar-refractivity contribution in [2.45, 2.75) is 19.9 Å². The van der Waals surface area contributed by atoms with Gasteiger partial charge in [0, 0.05) is 56.7 Å². The number of methoxy groups -OCH3 is 1. The van der Waals surface area contributed by atoms with Gasteiger partial charge in [-0.1, -0.05) is 23.2 Å². The Morgan fingerprint density at radius 1 is 1.39 bits per heavy atom. The van der Waals surface area contributed by atoms with Crippen LogP contribution in [-0.4, -0.2) is 65.8 Å². The Kier molecular flexibility index (Phi) is 7.59. The van der Waals surface area contributed by atoms with Crippen molar-refractivity contribution >= 4 is 40.6 Å². The number of anilines is 1. The zero-order valence-electron chi connectivity index (χ0n) is 17.8. The Bertz CT molecular complexity index is 976. The molecule has 1 saturated heterocycles. The Hall–Kier alpha value is -2.55. The molecule has 10 heteroatoms. The number of nitrogens with two attached hydrogens (primary N) is 1. The highest BCUT2D eigenvalue weighted by Gasteiger charge is 2.29. The van der Waals surface area contributed by atoms with Gasteiger partial charge >= 0.3 is 0 Å². The molecule has 0 spiro atoms. The minimum atomic E-state index is 0.0373. The SMILES string of the molecule is COc1cc(N2CCN(C(=O)C[NH2+]/C(C)=C(/Cl)C(=N)n3cccn3)[C@@H](C)C2)ccc1Cl. The first-order valence-corrected chi connectivity index (χ1v) is 10.7. The molecule has 31 heavy (non-hydrogen) atoms. The molecule has 8 nitrogen and oxygen atoms in total. The average molecular weight is 466 g/mol. The van der Waals surface area contributed by atoms with E-state index in [0.717, 1.165) is 18.8 Å². The largest absolute Gasteiger partial charge is 0.495 e. The first-order chi connectivity index (χ1) is 14.8. The van der Waals surface area contributed by atoms with Crippen molar-refractivity contribution in [3.05, 3.63) is 52.4 Å². The van der Waals surface area contributed by atoms with Crippen LogP contribution in [0.25, 0.3) is 0 Å². The maximum absolute atomic E-state index is 12.8. The van der Waals surface area contributed by atoms with Crippen LogP contribution in [0.1, 0.15) is 13.8 Å². The number of allylic oxidation sites excluding steroid dienone is 2. The second kappa shape index (κ2) is 10.2. The molecule has 2 aromatic rings. The van der Waals surface area contributed by atoms with E-state index in [1.807, 2.05) is 30.0 Å². The van der Waals surface area contributed by atoms with E-state index in [1.165, 1.54) is 4.68 Å². The van der Waals surface area contributed by atoms with Crippen molar-refractivity contribution in [3.8, 4) is 5.75 Å². The van der Waals surface area contributed by atoms with Gasteiger partial charge in [0.2, 0.25) is 0 Å². The highest BCUT2D eigenvalue weighted by molar-refractivity contribution is 6.43. The normalized spacial score (nSPS) is 17.4. The molecule has 1 aliphatic heterocycles. The van der Waals surface area contributed by atoms with Crippen LogP contribution >= 0.6 is 23.2 Å². The minimum absolute atomic E-state index is 0.0373. The predicted molar refractivity (Wildman–Crippen MR) is 122 cm³/mol. The average Bonchev–Trinajstić information content (AvgIpc) is 3.31. The van der Waals surface area contributed by atoms with Crippen LogP contribution in [0.3, 0.4) is 0 Å². The smallest absolute Gasteiger partial charge is 0.278 e. The molecule has 0 saturated carbocycles. The Balaban J connectivity index is 1.57. The lowest BCUT2D eigenvalue weighted by Gasteiger charge is -2.40. The fraction of sp³-hybridized carbons (Fsp3) is 0.381. The van der Waals surface area contributed by atoms with E-state index in [4.69, 9.17) is 33.3 Å². The number of nitrogens with zero attached hydrogens (tertiary/aromatic N) is 4. The standard InChI is InChI=1S/C21H26Cl2N6O2/c1-14-13-27(16-5-6-17(22)18(11-16)31-3)9-10-28(14)19(30)12-25-15(2)20(23)21(24)29-8-4-7-26-29/h4-8,11,14,24-25H,9-10,12-13H2,1-3H3/p+1/b20-15+,24-21?/t14-/m0/s1. The van der Waals surface area contributed by atoms with Gasteiger partial charge in [-0.3, -0.25) is 10.2 Å². The van der Waals surface area contributed by atoms with Crippen molar-refractivity contribution < 1.29 is 14.8 Å². The number of ether oxygens (including phenoxy) is 1. The van der Waals surface area contributed by atoms with Crippen LogP contribution in [0.2, 0.25) is 5.02 Å². The molecule has 1 atom stereocenters. The predicted octanol–water partition coefficient (Wildman–Crippen LogP) is 2.14. The van der Waals surface area contributed by atoms with Gasteiger partial charge in [-0.2, -0.15) is 5.10 Å². The lowest BCUT2D eigenvalue weighted by molar-refractivity contribution is -0.595. The van der Waals surface area contributed by atoms with Crippen molar-refractivity contribution in [3.63, 3.8) is 0 Å². The summed E-state index contributed by atoms with van der Waals surface area (Å²) in [6, 6.07) is 7.49. The molecule has 0 aliphatic carbocycles. The third-order valence-electron chi connectivity index (χ3n) is 5.32. The summed E-state index contributed by atoms with van der Waals surface area (Å²) in [5.74, 6) is 0.753. The Morgan fingerprint density at radius 2 is 2.16 bits per heavy atom. The van der Waals surface area contributed by atoms with Crippen LogP contribution in [-0.2, 0) is 4.79 Å². The number of aromatic nitrogens is 2. The summed E-state index contributed by atoms with van der Waals surface area (Å²) >= 11 is 12.4. The number of piperazine rings is 1. The quantitative estimate of drug-likeness (QED) is 0.504. The van der Waals surface area contributed by atoms with Crippen molar-refractivity contribution in [2.24, 2.45) is 0 Å². The first-order valence-electron chi connectivity index (χ1n) is 9.98. The zero-order valence-corrected chi connectivity index (χ0v) is 19.3. The third kappa shape index (κ3) is 5.39. The van der Waals surface area contributed by atoms with E-state index in [0.29, 0.717) is 23.0 Å². The molecule has 0 bridgehead atoms. The highest BCUT2D eigenvalue weighted by Crippen LogP contribution is 2.30. The molecule has 3 N–H and O–H groups in total. The third-order valence-corrected chi connectivity index (χ3v) is 6.11. The van der Waals surface area contributed by atoms with Gasteiger partial charge in [-0.15, -0.1) is 0 Å². The fourth-order valence-corrected chi connectivity index (χ4v) is 3.90. The molecule has 166 valence electrons. The maximum atomic E-state index is 12.8. The van der Waals surface area contributed by atoms with Crippen molar-refractivity contribution in [1.29, 1.82) is 5.41 Å². The fourth-order valence-electron chi connectivity index (χ4n) is 3.54. The summed E-state index contributed by atoms with van der Waals surface area (Å²) in [4.78, 5) is 16.9. The summed E-state index contributed by atoms with van der Waals surface area (Å²) in [6.45, 7) is 6.13. The number of carbonyl (C=O) groups excluding carboxylic acids is 1. The maximum Gasteiger partial charge on any atom is 0.278 e. The Labute approximate surface area is 191 Å². The molecular formula is C21H27Cl2N6O2+. The summed E-state index contributed by atoms with van der Waals surface area (Å²) in [6.07, 6.45) is 3.24. The monoisotopic (exact) mass is 465 g/mol. The lowest BCUT2D eigenvalue weighted by atomic mass is 10.1. The van der Waals surface area contributed by atoms with E-state index >= 15 is 0 Å². The molecule has 1 amide bonds. The number of quaternary nitrogens is 1. The van der Waals surface area contributed by atoms with E-state index in [9.17, 15) is 4.79 Å². The van der Waals surface area contributed by atoms with Gasteiger partial charge in [0.15, 0.2) is 12.4 Å². The number of carbonyl (C=O) groups is 1. The number of hydrogen-bond donors (Lipinski definition) is 2. The van der Waals surface area contributed by atoms with Crippen molar-refractivity contribution in [1.82, 2.24) is 14.7 Å². The molecule has 3 rings (SSSR count). The van der Waals surface area contributed by atoms with Crippen molar-refractivity contribution in [2.75, 3.05) is 38.2 Å². The second-order valence-electron chi connectivity index (χ2n) is 7.41. The molecule has 1 aromatic carbocycles. The van der Waals surface area contributed by atoms with E-state index in [1.54, 1.807) is 37.8 Å². The lowest BCUT2D eigenvalue weighted by Crippen LogP contribution is -2.85. The van der Waals surface area contributed by atoms with Gasteiger partial charge in [-0.25, -0.2) is 4.68 Å². The second-order valence-corrected chi connectivity index (χ2v) is 8.19. The van der Waals surface area contributed by atoms with E-state index in [2.05, 4.69) is 10.00 Å². The summed E-state index contributed by atoms with van der Waals surface area (Å²) in [7, 11) is 1.60. The summed E-state index contributed by atoms with van der Waals surface area (Å²) in [5, 5.41) is 14.7. The van der Waals surface area contributed by atoms with E-state index < -0.39 is 0 Å². The van der Waals surface area contributed by atoms with Crippen LogP contribution in [0.5, 0.6) is 5.75 Å². The summed E-state index contributed by atoms with van der Waals surface area (Å²) in [5.41, 5.74) is 1.70. The van der Waals surface area contributed by atoms with Crippen LogP contribution in [0, 0.1) is 5.41 Å².